The molecule has 11 nitrogen and oxygen atoms in total. The molecule has 188 valence electrons. The number of carbonyl (C=O) groups excluding carboxylic acids is 3. The number of benzene rings is 1. The van der Waals surface area contributed by atoms with Crippen LogP contribution >= 0.6 is 0 Å². The predicted octanol–water partition coefficient (Wildman–Crippen LogP) is 1.11. The molecule has 3 aliphatic heterocycles. The van der Waals surface area contributed by atoms with Crippen molar-refractivity contribution in [3.05, 3.63) is 41.1 Å². The molecule has 0 saturated carbocycles. The SMILES string of the molecule is CCCCS(=O)(=O)N1C2=NC(C(=O)OC)=C(C(=O)OC)[C@@H]3Nc4ccccc4[C@]23C[C@H]1C(=O)OC. The number of aliphatic imine (C=N–C) groups is 1. The lowest BCUT2D eigenvalue weighted by molar-refractivity contribution is -0.144. The molecule has 4 rings (SSSR count). The molecule has 3 heterocycles. The molecule has 0 radical (unpaired) electrons. The summed E-state index contributed by atoms with van der Waals surface area (Å²) < 4.78 is 43.0. The minimum atomic E-state index is -4.06. The number of hydrogen-bond donors (Lipinski definition) is 1. The molecular weight excluding hydrogens is 478 g/mol. The molecular formula is C23H27N3O8S. The highest BCUT2D eigenvalue weighted by molar-refractivity contribution is 7.89. The van der Waals surface area contributed by atoms with Gasteiger partial charge < -0.3 is 19.5 Å². The zero-order valence-electron chi connectivity index (χ0n) is 19.9. The second-order valence-electron chi connectivity index (χ2n) is 8.48. The van der Waals surface area contributed by atoms with Gasteiger partial charge in [0.2, 0.25) is 10.0 Å². The van der Waals surface area contributed by atoms with Crippen LogP contribution in [-0.2, 0) is 44.0 Å². The Morgan fingerprint density at radius 3 is 2.43 bits per heavy atom. The smallest absolute Gasteiger partial charge is 0.357 e. The maximum absolute atomic E-state index is 13.6. The third kappa shape index (κ3) is 3.58. The molecule has 0 aromatic heterocycles. The zero-order chi connectivity index (χ0) is 25.5. The van der Waals surface area contributed by atoms with Gasteiger partial charge in [0.05, 0.1) is 44.1 Å². The summed E-state index contributed by atoms with van der Waals surface area (Å²) >= 11 is 0. The molecule has 0 aliphatic carbocycles. The van der Waals surface area contributed by atoms with Gasteiger partial charge in [-0.1, -0.05) is 31.5 Å². The quantitative estimate of drug-likeness (QED) is 0.426. The predicted molar refractivity (Wildman–Crippen MR) is 125 cm³/mol. The van der Waals surface area contributed by atoms with E-state index in [1.807, 2.05) is 6.92 Å². The van der Waals surface area contributed by atoms with Gasteiger partial charge >= 0.3 is 17.9 Å². The zero-order valence-corrected chi connectivity index (χ0v) is 20.7. The number of fused-ring (bicyclic) bond motifs is 1. The van der Waals surface area contributed by atoms with Crippen molar-refractivity contribution in [3.63, 3.8) is 0 Å². The molecule has 35 heavy (non-hydrogen) atoms. The molecule has 1 saturated heterocycles. The molecule has 1 aromatic carbocycles. The molecule has 1 spiro atoms. The maximum Gasteiger partial charge on any atom is 0.357 e. The summed E-state index contributed by atoms with van der Waals surface area (Å²) in [6, 6.07) is 4.93. The Labute approximate surface area is 203 Å². The van der Waals surface area contributed by atoms with E-state index < -0.39 is 45.4 Å². The minimum absolute atomic E-state index is 0.0282. The Bertz CT molecular complexity index is 1250. The number of methoxy groups -OCH3 is 3. The van der Waals surface area contributed by atoms with Gasteiger partial charge in [-0.2, -0.15) is 0 Å². The van der Waals surface area contributed by atoms with Gasteiger partial charge in [-0.25, -0.2) is 32.1 Å². The Kier molecular flexibility index (Phi) is 6.34. The van der Waals surface area contributed by atoms with Crippen molar-refractivity contribution in [2.24, 2.45) is 4.99 Å². The second-order valence-corrected chi connectivity index (χ2v) is 10.4. The molecule has 3 aliphatic rings. The van der Waals surface area contributed by atoms with Crippen LogP contribution in [0.25, 0.3) is 0 Å². The summed E-state index contributed by atoms with van der Waals surface area (Å²) in [7, 11) is -0.580. The van der Waals surface area contributed by atoms with Crippen LogP contribution in [0.1, 0.15) is 31.7 Å². The number of ether oxygens (including phenoxy) is 3. The van der Waals surface area contributed by atoms with Crippen LogP contribution in [0.15, 0.2) is 40.5 Å². The summed E-state index contributed by atoms with van der Waals surface area (Å²) in [4.78, 5) is 43.1. The average molecular weight is 506 g/mol. The molecule has 0 unspecified atom stereocenters. The van der Waals surface area contributed by atoms with Gasteiger partial charge in [-0.3, -0.25) is 0 Å². The Morgan fingerprint density at radius 2 is 1.80 bits per heavy atom. The largest absolute Gasteiger partial charge is 0.467 e. The fraction of sp³-hybridized carbons (Fsp3) is 0.478. The lowest BCUT2D eigenvalue weighted by atomic mass is 9.70. The number of esters is 3. The average Bonchev–Trinajstić information content (AvgIpc) is 3.39. The van der Waals surface area contributed by atoms with Gasteiger partial charge in [0.25, 0.3) is 0 Å². The normalized spacial score (nSPS) is 24.6. The van der Waals surface area contributed by atoms with Crippen LogP contribution in [0.4, 0.5) is 5.69 Å². The number of unbranched alkanes of at least 4 members (excludes halogenated alkanes) is 1. The van der Waals surface area contributed by atoms with Crippen LogP contribution in [0, 0.1) is 0 Å². The van der Waals surface area contributed by atoms with Crippen molar-refractivity contribution < 1.29 is 37.0 Å². The number of anilines is 1. The first kappa shape index (κ1) is 24.7. The maximum atomic E-state index is 13.6. The van der Waals surface area contributed by atoms with Crippen LogP contribution in [0.5, 0.6) is 0 Å². The molecule has 1 aromatic rings. The molecule has 1 fully saturated rings. The first-order chi connectivity index (χ1) is 16.7. The number of nitrogens with one attached hydrogen (secondary N) is 1. The topological polar surface area (TPSA) is 141 Å². The number of para-hydroxylation sites is 1. The monoisotopic (exact) mass is 505 g/mol. The highest BCUT2D eigenvalue weighted by Gasteiger charge is 2.66. The van der Waals surface area contributed by atoms with Gasteiger partial charge in [-0.05, 0) is 24.5 Å². The second kappa shape index (κ2) is 8.99. The number of rotatable bonds is 7. The number of nitrogens with zero attached hydrogens (tertiary/aromatic N) is 2. The Morgan fingerprint density at radius 1 is 1.11 bits per heavy atom. The molecule has 3 atom stereocenters. The van der Waals surface area contributed by atoms with Gasteiger partial charge in [-0.15, -0.1) is 0 Å². The summed E-state index contributed by atoms with van der Waals surface area (Å²) in [6.45, 7) is 1.85. The highest BCUT2D eigenvalue weighted by Crippen LogP contribution is 2.55. The Hall–Kier alpha value is -3.41. The lowest BCUT2D eigenvalue weighted by Gasteiger charge is -2.37. The number of hydrogen-bond acceptors (Lipinski definition) is 10. The lowest BCUT2D eigenvalue weighted by Crippen LogP contribution is -2.53. The standard InChI is InChI=1S/C23H27N3O8S/c1-5-6-11-35(30,31)26-15(19(27)32-2)12-23-13-9-7-8-10-14(13)24-18(23)16(20(28)33-3)17(21(29)34-4)25-22(23)26/h7-10,15,18,24H,5-6,11-12H2,1-4H3/t15-,18-,23-/m0/s1. The van der Waals surface area contributed by atoms with E-state index in [4.69, 9.17) is 14.2 Å². The minimum Gasteiger partial charge on any atom is -0.467 e. The molecule has 0 amide bonds. The van der Waals surface area contributed by atoms with Crippen LogP contribution in [0.2, 0.25) is 0 Å². The van der Waals surface area contributed by atoms with Crippen molar-refractivity contribution in [3.8, 4) is 0 Å². The Balaban J connectivity index is 2.06. The summed E-state index contributed by atoms with van der Waals surface area (Å²) in [5.41, 5.74) is -0.465. The van der Waals surface area contributed by atoms with Gasteiger partial charge in [0, 0.05) is 5.69 Å². The van der Waals surface area contributed by atoms with Crippen molar-refractivity contribution in [2.75, 3.05) is 32.4 Å². The first-order valence-corrected chi connectivity index (χ1v) is 12.7. The van der Waals surface area contributed by atoms with E-state index in [0.717, 1.165) is 11.4 Å². The summed E-state index contributed by atoms with van der Waals surface area (Å²) in [5.74, 6) is -2.78. The summed E-state index contributed by atoms with van der Waals surface area (Å²) in [6.07, 6.45) is 0.923. The van der Waals surface area contributed by atoms with Crippen LogP contribution in [0.3, 0.4) is 0 Å². The van der Waals surface area contributed by atoms with Crippen molar-refractivity contribution in [1.82, 2.24) is 4.31 Å². The third-order valence-electron chi connectivity index (χ3n) is 6.68. The van der Waals surface area contributed by atoms with E-state index in [-0.39, 0.29) is 29.3 Å². The van der Waals surface area contributed by atoms with E-state index in [1.54, 1.807) is 24.3 Å². The van der Waals surface area contributed by atoms with Crippen LogP contribution < -0.4 is 5.32 Å². The van der Waals surface area contributed by atoms with Gasteiger partial charge in [0.15, 0.2) is 5.70 Å². The third-order valence-corrected chi connectivity index (χ3v) is 8.51. The first-order valence-electron chi connectivity index (χ1n) is 11.1. The number of carbonyl (C=O) groups is 3. The van der Waals surface area contributed by atoms with Gasteiger partial charge in [0.1, 0.15) is 11.9 Å². The van der Waals surface area contributed by atoms with Crippen LogP contribution in [-0.4, -0.2) is 75.6 Å². The highest BCUT2D eigenvalue weighted by atomic mass is 32.2. The molecule has 0 bridgehead atoms. The van der Waals surface area contributed by atoms with E-state index in [1.165, 1.54) is 14.2 Å². The fourth-order valence-electron chi connectivity index (χ4n) is 5.15. The fourth-order valence-corrected chi connectivity index (χ4v) is 7.01. The van der Waals surface area contributed by atoms with Crippen molar-refractivity contribution in [2.45, 2.75) is 43.7 Å². The van der Waals surface area contributed by atoms with E-state index in [2.05, 4.69) is 10.3 Å². The van der Waals surface area contributed by atoms with Crippen molar-refractivity contribution in [1.29, 1.82) is 0 Å². The molecule has 12 heteroatoms. The molecule has 1 N–H and O–H groups in total. The van der Waals surface area contributed by atoms with E-state index in [0.29, 0.717) is 24.1 Å². The van der Waals surface area contributed by atoms with E-state index >= 15 is 0 Å². The summed E-state index contributed by atoms with van der Waals surface area (Å²) in [5, 5.41) is 3.24. The number of sulfonamides is 1. The number of amidine groups is 1. The van der Waals surface area contributed by atoms with E-state index in [9.17, 15) is 22.8 Å². The van der Waals surface area contributed by atoms with Crippen molar-refractivity contribution >= 4 is 39.5 Å².